The quantitative estimate of drug-likeness (QED) is 0.880. The number of nitrogens with zero attached hydrogens (tertiary/aromatic N) is 2. The summed E-state index contributed by atoms with van der Waals surface area (Å²) in [5.41, 5.74) is 5.13. The van der Waals surface area contributed by atoms with Gasteiger partial charge in [0.1, 0.15) is 5.88 Å². The maximum atomic E-state index is 12.2. The lowest BCUT2D eigenvalue weighted by Gasteiger charge is -2.26. The summed E-state index contributed by atoms with van der Waals surface area (Å²) in [4.78, 5) is 13.9. The van der Waals surface area contributed by atoms with Crippen LogP contribution in [0.1, 0.15) is 22.4 Å². The van der Waals surface area contributed by atoms with Crippen LogP contribution < -0.4 is 4.90 Å². The third kappa shape index (κ3) is 2.85. The highest BCUT2D eigenvalue weighted by Crippen LogP contribution is 2.28. The molecular weight excluding hydrogens is 274 g/mol. The van der Waals surface area contributed by atoms with Crippen LogP contribution in [-0.4, -0.2) is 22.0 Å². The molecule has 0 unspecified atom stereocenters. The van der Waals surface area contributed by atoms with Crippen molar-refractivity contribution in [3.05, 3.63) is 46.8 Å². The summed E-state index contributed by atoms with van der Waals surface area (Å²) in [6, 6.07) is 5.95. The van der Waals surface area contributed by atoms with E-state index in [-0.39, 0.29) is 11.8 Å². The van der Waals surface area contributed by atoms with Crippen molar-refractivity contribution in [1.82, 2.24) is 10.2 Å². The average molecular weight is 292 g/mol. The van der Waals surface area contributed by atoms with E-state index >= 15 is 0 Å². The van der Waals surface area contributed by atoms with Gasteiger partial charge in [-0.15, -0.1) is 11.6 Å². The van der Waals surface area contributed by atoms with Crippen molar-refractivity contribution in [2.45, 2.75) is 27.3 Å². The first-order chi connectivity index (χ1) is 9.54. The van der Waals surface area contributed by atoms with Crippen molar-refractivity contribution < 1.29 is 4.79 Å². The summed E-state index contributed by atoms with van der Waals surface area (Å²) in [5, 5.41) is 6.80. The van der Waals surface area contributed by atoms with Gasteiger partial charge in [-0.05, 0) is 43.5 Å². The number of anilines is 1. The van der Waals surface area contributed by atoms with Crippen molar-refractivity contribution in [2.24, 2.45) is 0 Å². The fourth-order valence-electron chi connectivity index (χ4n) is 2.26. The lowest BCUT2D eigenvalue weighted by molar-refractivity contribution is -0.116. The predicted molar refractivity (Wildman–Crippen MR) is 81.2 cm³/mol. The van der Waals surface area contributed by atoms with Crippen molar-refractivity contribution in [3.8, 4) is 0 Å². The second kappa shape index (κ2) is 6.09. The molecule has 0 bridgehead atoms. The van der Waals surface area contributed by atoms with Crippen LogP contribution in [0.15, 0.2) is 24.4 Å². The number of aromatic nitrogens is 2. The Labute approximate surface area is 123 Å². The number of aryl methyl sites for hydroxylation is 2. The van der Waals surface area contributed by atoms with E-state index in [1.54, 1.807) is 11.1 Å². The predicted octanol–water partition coefficient (Wildman–Crippen LogP) is 3.11. The molecule has 0 aliphatic heterocycles. The molecule has 0 fully saturated rings. The maximum Gasteiger partial charge on any atom is 0.242 e. The molecule has 2 rings (SSSR count). The Bertz CT molecular complexity index is 608. The number of benzene rings is 1. The van der Waals surface area contributed by atoms with Gasteiger partial charge in [0.05, 0.1) is 17.9 Å². The molecule has 0 aliphatic carbocycles. The molecule has 106 valence electrons. The number of H-pyrrole nitrogens is 1. The first-order valence-corrected chi connectivity index (χ1v) is 6.99. The van der Waals surface area contributed by atoms with Crippen molar-refractivity contribution in [2.75, 3.05) is 10.8 Å². The van der Waals surface area contributed by atoms with Gasteiger partial charge >= 0.3 is 0 Å². The van der Waals surface area contributed by atoms with Gasteiger partial charge < -0.3 is 4.90 Å². The molecule has 1 heterocycles. The second-order valence-electron chi connectivity index (χ2n) is 4.87. The number of hydrogen-bond donors (Lipinski definition) is 1. The molecule has 0 radical (unpaired) electrons. The minimum Gasteiger partial charge on any atom is -0.305 e. The molecule has 1 aromatic heterocycles. The number of nitrogens with one attached hydrogen (secondary N) is 1. The van der Waals surface area contributed by atoms with E-state index in [1.165, 1.54) is 0 Å². The number of alkyl halides is 1. The highest BCUT2D eigenvalue weighted by molar-refractivity contribution is 6.29. The van der Waals surface area contributed by atoms with Crippen LogP contribution in [0.5, 0.6) is 0 Å². The SMILES string of the molecule is Cc1ccc(C)c(N(Cc2ccn[nH]2)C(=O)CCl)c1C. The fraction of sp³-hybridized carbons (Fsp3) is 0.333. The number of carbonyl (C=O) groups excluding carboxylic acids is 1. The van der Waals surface area contributed by atoms with Crippen molar-refractivity contribution in [1.29, 1.82) is 0 Å². The van der Waals surface area contributed by atoms with E-state index in [1.807, 2.05) is 32.9 Å². The molecule has 0 saturated carbocycles. The Morgan fingerprint density at radius 1 is 1.25 bits per heavy atom. The molecule has 0 saturated heterocycles. The largest absolute Gasteiger partial charge is 0.305 e. The number of hydrogen-bond acceptors (Lipinski definition) is 2. The number of rotatable bonds is 4. The number of carbonyl (C=O) groups is 1. The zero-order valence-electron chi connectivity index (χ0n) is 11.9. The Balaban J connectivity index is 2.46. The van der Waals surface area contributed by atoms with Gasteiger partial charge in [-0.3, -0.25) is 9.89 Å². The van der Waals surface area contributed by atoms with Gasteiger partial charge in [-0.1, -0.05) is 12.1 Å². The summed E-state index contributed by atoms with van der Waals surface area (Å²) >= 11 is 5.76. The van der Waals surface area contributed by atoms with Gasteiger partial charge in [-0.25, -0.2) is 0 Å². The Morgan fingerprint density at radius 2 is 1.95 bits per heavy atom. The van der Waals surface area contributed by atoms with Crippen LogP contribution in [-0.2, 0) is 11.3 Å². The molecule has 20 heavy (non-hydrogen) atoms. The molecule has 0 aliphatic rings. The van der Waals surface area contributed by atoms with Gasteiger partial charge in [0.2, 0.25) is 5.91 Å². The average Bonchev–Trinajstić information content (AvgIpc) is 2.94. The maximum absolute atomic E-state index is 12.2. The number of amides is 1. The van der Waals surface area contributed by atoms with Crippen LogP contribution in [0.2, 0.25) is 0 Å². The summed E-state index contributed by atoms with van der Waals surface area (Å²) in [6.07, 6.45) is 1.68. The lowest BCUT2D eigenvalue weighted by Crippen LogP contribution is -2.33. The molecule has 1 amide bonds. The monoisotopic (exact) mass is 291 g/mol. The Morgan fingerprint density at radius 3 is 2.55 bits per heavy atom. The molecular formula is C15H18ClN3O. The van der Waals surface area contributed by atoms with E-state index < -0.39 is 0 Å². The first-order valence-electron chi connectivity index (χ1n) is 6.46. The molecule has 1 N–H and O–H groups in total. The fourth-order valence-corrected chi connectivity index (χ4v) is 2.40. The summed E-state index contributed by atoms with van der Waals surface area (Å²) < 4.78 is 0. The standard InChI is InChI=1S/C15H18ClN3O/c1-10-4-5-11(2)15(12(10)3)19(14(20)8-16)9-13-6-7-17-18-13/h4-7H,8-9H2,1-3H3,(H,17,18). The first kappa shape index (κ1) is 14.6. The molecule has 2 aromatic rings. The molecule has 0 spiro atoms. The van der Waals surface area contributed by atoms with Crippen LogP contribution in [0.3, 0.4) is 0 Å². The topological polar surface area (TPSA) is 49.0 Å². The van der Waals surface area contributed by atoms with Crippen LogP contribution in [0, 0.1) is 20.8 Å². The van der Waals surface area contributed by atoms with Gasteiger partial charge in [0.25, 0.3) is 0 Å². The van der Waals surface area contributed by atoms with E-state index in [2.05, 4.69) is 16.3 Å². The van der Waals surface area contributed by atoms with Crippen molar-refractivity contribution in [3.63, 3.8) is 0 Å². The van der Waals surface area contributed by atoms with E-state index in [9.17, 15) is 4.79 Å². The Hall–Kier alpha value is -1.81. The normalized spacial score (nSPS) is 10.6. The third-order valence-corrected chi connectivity index (χ3v) is 3.70. The van der Waals surface area contributed by atoms with Gasteiger partial charge in [0, 0.05) is 6.20 Å². The minimum atomic E-state index is -0.113. The van der Waals surface area contributed by atoms with Crippen LogP contribution >= 0.6 is 11.6 Å². The molecule has 4 nitrogen and oxygen atoms in total. The second-order valence-corrected chi connectivity index (χ2v) is 5.14. The van der Waals surface area contributed by atoms with E-state index in [4.69, 9.17) is 11.6 Å². The zero-order valence-corrected chi connectivity index (χ0v) is 12.7. The lowest BCUT2D eigenvalue weighted by atomic mass is 10.0. The van der Waals surface area contributed by atoms with Crippen molar-refractivity contribution >= 4 is 23.2 Å². The molecule has 5 heteroatoms. The minimum absolute atomic E-state index is 0.0407. The highest BCUT2D eigenvalue weighted by Gasteiger charge is 2.20. The van der Waals surface area contributed by atoms with Crippen LogP contribution in [0.25, 0.3) is 0 Å². The van der Waals surface area contributed by atoms with E-state index in [0.29, 0.717) is 6.54 Å². The van der Waals surface area contributed by atoms with Crippen LogP contribution in [0.4, 0.5) is 5.69 Å². The van der Waals surface area contributed by atoms with Gasteiger partial charge in [-0.2, -0.15) is 5.10 Å². The Kier molecular flexibility index (Phi) is 4.45. The number of aromatic amines is 1. The number of halogens is 1. The summed E-state index contributed by atoms with van der Waals surface area (Å²) in [5.74, 6) is -0.154. The van der Waals surface area contributed by atoms with Gasteiger partial charge in [0.15, 0.2) is 0 Å². The summed E-state index contributed by atoms with van der Waals surface area (Å²) in [6.45, 7) is 6.51. The summed E-state index contributed by atoms with van der Waals surface area (Å²) in [7, 11) is 0. The highest BCUT2D eigenvalue weighted by atomic mass is 35.5. The molecule has 1 aromatic carbocycles. The zero-order chi connectivity index (χ0) is 14.7. The van der Waals surface area contributed by atoms with E-state index in [0.717, 1.165) is 28.1 Å². The molecule has 0 atom stereocenters. The smallest absolute Gasteiger partial charge is 0.242 e. The third-order valence-electron chi connectivity index (χ3n) is 3.48.